The first-order valence-corrected chi connectivity index (χ1v) is 6.16. The summed E-state index contributed by atoms with van der Waals surface area (Å²) >= 11 is 11.1. The predicted molar refractivity (Wildman–Crippen MR) is 38.3 cm³/mol. The average molecular weight is 155 g/mol. The number of allylic oxidation sites excluding steroid dienone is 2. The van der Waals surface area contributed by atoms with Crippen LogP contribution in [-0.4, -0.2) is 7.42 Å². The molecule has 0 nitrogen and oxygen atoms in total. The molecule has 0 spiro atoms. The summed E-state index contributed by atoms with van der Waals surface area (Å²) in [6.07, 6.45) is 1.96. The van der Waals surface area contributed by atoms with Crippen molar-refractivity contribution in [1.82, 2.24) is 0 Å². The summed E-state index contributed by atoms with van der Waals surface area (Å²) < 4.78 is 0. The molecule has 0 aromatic heterocycles. The van der Waals surface area contributed by atoms with Gasteiger partial charge in [0.2, 0.25) is 0 Å². The molecule has 0 aliphatic heterocycles. The van der Waals surface area contributed by atoms with Gasteiger partial charge in [0.1, 0.15) is 0 Å². The van der Waals surface area contributed by atoms with Gasteiger partial charge >= 0.3 is 0 Å². The highest BCUT2D eigenvalue weighted by molar-refractivity contribution is 7.36. The molecular weight excluding hydrogens is 147 g/mol. The molecule has 0 bridgehead atoms. The second-order valence-electron chi connectivity index (χ2n) is 1.33. The fraction of sp³-hybridized carbons (Fsp3) is 0.500. The topological polar surface area (TPSA) is 0 Å². The third-order valence-electron chi connectivity index (χ3n) is 0.800. The highest BCUT2D eigenvalue weighted by atomic mass is 35.7. The average Bonchev–Trinajstić information content (AvgIpc) is 1.65. The van der Waals surface area contributed by atoms with Gasteiger partial charge in [0.25, 0.3) is 7.42 Å². The third kappa shape index (κ3) is 3.15. The Hall–Kier alpha value is 0.537. The van der Waals surface area contributed by atoms with E-state index in [0.29, 0.717) is 0 Å². The molecule has 7 heavy (non-hydrogen) atoms. The number of rotatable bonds is 1. The molecule has 0 aliphatic carbocycles. The van der Waals surface area contributed by atoms with Crippen molar-refractivity contribution in [2.45, 2.75) is 13.8 Å². The van der Waals surface area contributed by atoms with Crippen LogP contribution in [0.25, 0.3) is 0 Å². The van der Waals surface area contributed by atoms with E-state index in [-0.39, 0.29) is 0 Å². The molecule has 0 saturated carbocycles. The minimum Gasteiger partial charge on any atom is -0.145 e. The molecule has 0 atom stereocenters. The molecule has 0 saturated heterocycles. The zero-order valence-corrected chi connectivity index (χ0v) is 7.08. The molecule has 0 aromatic carbocycles. The van der Waals surface area contributed by atoms with Crippen LogP contribution in [0.3, 0.4) is 0 Å². The standard InChI is InChI=1S/C4H8Cl2Si/c1-3-4(2)7(5)6/h3,7H,1-2H3/b4-3+. The molecule has 3 heteroatoms. The molecule has 0 aromatic rings. The maximum absolute atomic E-state index is 5.56. The summed E-state index contributed by atoms with van der Waals surface area (Å²) in [5.74, 6) is 0. The molecule has 0 fully saturated rings. The van der Waals surface area contributed by atoms with E-state index in [1.54, 1.807) is 0 Å². The van der Waals surface area contributed by atoms with Gasteiger partial charge in [-0.2, -0.15) is 0 Å². The summed E-state index contributed by atoms with van der Waals surface area (Å²) in [6, 6.07) is 0. The minimum absolute atomic E-state index is 1.14. The van der Waals surface area contributed by atoms with Gasteiger partial charge in [-0.15, -0.1) is 22.2 Å². The van der Waals surface area contributed by atoms with E-state index in [1.807, 2.05) is 19.9 Å². The summed E-state index contributed by atoms with van der Waals surface area (Å²) in [6.45, 7) is 3.90. The van der Waals surface area contributed by atoms with E-state index in [9.17, 15) is 0 Å². The largest absolute Gasteiger partial charge is 0.262 e. The maximum Gasteiger partial charge on any atom is 0.262 e. The van der Waals surface area contributed by atoms with Gasteiger partial charge in [-0.25, -0.2) is 0 Å². The van der Waals surface area contributed by atoms with Crippen LogP contribution in [0.5, 0.6) is 0 Å². The molecule has 0 heterocycles. The quantitative estimate of drug-likeness (QED) is 0.402. The van der Waals surface area contributed by atoms with Crippen molar-refractivity contribution < 1.29 is 0 Å². The van der Waals surface area contributed by atoms with Crippen molar-refractivity contribution in [3.8, 4) is 0 Å². The third-order valence-corrected chi connectivity index (χ3v) is 3.89. The highest BCUT2D eigenvalue weighted by Gasteiger charge is 2.00. The highest BCUT2D eigenvalue weighted by Crippen LogP contribution is 2.06. The second-order valence-corrected chi connectivity index (χ2v) is 6.13. The number of hydrogen-bond donors (Lipinski definition) is 0. The van der Waals surface area contributed by atoms with Crippen molar-refractivity contribution in [2.24, 2.45) is 0 Å². The Morgan fingerprint density at radius 2 is 2.00 bits per heavy atom. The SMILES string of the molecule is C/C=C(\C)[SiH](Cl)Cl. The van der Waals surface area contributed by atoms with Crippen LogP contribution >= 0.6 is 22.2 Å². The van der Waals surface area contributed by atoms with Gasteiger partial charge in [0, 0.05) is 0 Å². The molecule has 42 valence electrons. The summed E-state index contributed by atoms with van der Waals surface area (Å²) in [5, 5.41) is 1.14. The van der Waals surface area contributed by atoms with Crippen molar-refractivity contribution in [3.05, 3.63) is 11.3 Å². The fourth-order valence-corrected chi connectivity index (χ4v) is 1.13. The Balaban J connectivity index is 3.56. The maximum atomic E-state index is 5.56. The molecule has 0 aliphatic rings. The lowest BCUT2D eigenvalue weighted by molar-refractivity contribution is 1.58. The lowest BCUT2D eigenvalue weighted by Crippen LogP contribution is -1.92. The summed E-state index contributed by atoms with van der Waals surface area (Å²) in [5.41, 5.74) is 0. The van der Waals surface area contributed by atoms with Gasteiger partial charge in [-0.3, -0.25) is 0 Å². The summed E-state index contributed by atoms with van der Waals surface area (Å²) in [7, 11) is -1.46. The fourth-order valence-electron chi connectivity index (χ4n) is 0.126. The van der Waals surface area contributed by atoms with Crippen LogP contribution in [-0.2, 0) is 0 Å². The van der Waals surface area contributed by atoms with Gasteiger partial charge < -0.3 is 0 Å². The molecule has 0 unspecified atom stereocenters. The summed E-state index contributed by atoms with van der Waals surface area (Å²) in [4.78, 5) is 0. The van der Waals surface area contributed by atoms with E-state index in [4.69, 9.17) is 22.2 Å². The van der Waals surface area contributed by atoms with Crippen molar-refractivity contribution in [1.29, 1.82) is 0 Å². The van der Waals surface area contributed by atoms with E-state index in [0.717, 1.165) is 5.20 Å². The van der Waals surface area contributed by atoms with Crippen LogP contribution in [0.4, 0.5) is 0 Å². The van der Waals surface area contributed by atoms with Crippen LogP contribution in [0.15, 0.2) is 11.3 Å². The predicted octanol–water partition coefficient (Wildman–Crippen LogP) is 2.19. The second kappa shape index (κ2) is 3.53. The Kier molecular flexibility index (Phi) is 3.80. The van der Waals surface area contributed by atoms with Crippen molar-refractivity contribution >= 4 is 29.6 Å². The first-order valence-electron chi connectivity index (χ1n) is 2.09. The zero-order valence-electron chi connectivity index (χ0n) is 4.41. The lowest BCUT2D eigenvalue weighted by Gasteiger charge is -1.92. The normalized spacial score (nSPS) is 13.0. The minimum atomic E-state index is -1.46. The Morgan fingerprint density at radius 1 is 1.57 bits per heavy atom. The Labute approximate surface area is 55.1 Å². The molecule has 0 N–H and O–H groups in total. The molecule has 0 amide bonds. The number of halogens is 2. The van der Waals surface area contributed by atoms with Crippen LogP contribution in [0, 0.1) is 0 Å². The van der Waals surface area contributed by atoms with Gasteiger partial charge in [-0.05, 0) is 13.8 Å². The van der Waals surface area contributed by atoms with Gasteiger partial charge in [0.15, 0.2) is 0 Å². The molecule has 0 rings (SSSR count). The molecule has 0 radical (unpaired) electrons. The van der Waals surface area contributed by atoms with E-state index in [2.05, 4.69) is 0 Å². The monoisotopic (exact) mass is 154 g/mol. The lowest BCUT2D eigenvalue weighted by atomic mass is 10.6. The van der Waals surface area contributed by atoms with Crippen molar-refractivity contribution in [3.63, 3.8) is 0 Å². The smallest absolute Gasteiger partial charge is 0.145 e. The Bertz CT molecular complexity index is 77.8. The van der Waals surface area contributed by atoms with Crippen molar-refractivity contribution in [2.75, 3.05) is 0 Å². The number of hydrogen-bond acceptors (Lipinski definition) is 0. The van der Waals surface area contributed by atoms with E-state index < -0.39 is 7.42 Å². The van der Waals surface area contributed by atoms with Gasteiger partial charge in [-0.1, -0.05) is 11.3 Å². The van der Waals surface area contributed by atoms with Crippen LogP contribution in [0.2, 0.25) is 0 Å². The van der Waals surface area contributed by atoms with Gasteiger partial charge in [0.05, 0.1) is 0 Å². The van der Waals surface area contributed by atoms with E-state index >= 15 is 0 Å². The first kappa shape index (κ1) is 7.54. The zero-order chi connectivity index (χ0) is 5.86. The first-order chi connectivity index (χ1) is 3.18. The van der Waals surface area contributed by atoms with Crippen LogP contribution in [0.1, 0.15) is 13.8 Å². The Morgan fingerprint density at radius 3 is 2.00 bits per heavy atom. The molecular formula is C4H8Cl2Si. The van der Waals surface area contributed by atoms with E-state index in [1.165, 1.54) is 0 Å². The van der Waals surface area contributed by atoms with Crippen LogP contribution < -0.4 is 0 Å².